The highest BCUT2D eigenvalue weighted by atomic mass is 16.4. The van der Waals surface area contributed by atoms with Crippen LogP contribution in [-0.2, 0) is 38.4 Å². The summed E-state index contributed by atoms with van der Waals surface area (Å²) in [6.07, 6.45) is 7.66. The molecule has 4 unspecified atom stereocenters. The predicted molar refractivity (Wildman–Crippen MR) is 153 cm³/mol. The van der Waals surface area contributed by atoms with Gasteiger partial charge in [-0.3, -0.25) is 14.4 Å². The first kappa shape index (κ1) is 30.0. The summed E-state index contributed by atoms with van der Waals surface area (Å²) in [6, 6.07) is 3.02. The highest BCUT2D eigenvalue weighted by Gasteiger charge is 2.32. The summed E-state index contributed by atoms with van der Waals surface area (Å²) < 4.78 is 0. The van der Waals surface area contributed by atoms with E-state index in [-0.39, 0.29) is 25.2 Å². The second-order valence-corrected chi connectivity index (χ2v) is 10.4. The number of nitrogens with one attached hydrogen (secondary N) is 6. The molecule has 3 heterocycles. The van der Waals surface area contributed by atoms with Gasteiger partial charge in [-0.2, -0.15) is 0 Å². The number of nitrogens with zero attached hydrogens (tertiary/aromatic N) is 2. The van der Waals surface area contributed by atoms with Crippen molar-refractivity contribution in [3.63, 3.8) is 0 Å². The number of fused-ring (bicyclic) bond motifs is 1. The zero-order valence-electron chi connectivity index (χ0n) is 23.3. The van der Waals surface area contributed by atoms with Crippen LogP contribution in [0.5, 0.6) is 0 Å². The van der Waals surface area contributed by atoms with Gasteiger partial charge in [-0.25, -0.2) is 14.8 Å². The Hall–Kier alpha value is -4.98. The fourth-order valence-corrected chi connectivity index (χ4v) is 4.49. The van der Waals surface area contributed by atoms with E-state index in [1.807, 2.05) is 24.3 Å². The highest BCUT2D eigenvalue weighted by molar-refractivity contribution is 5.94. The van der Waals surface area contributed by atoms with Crippen molar-refractivity contribution in [1.29, 1.82) is 0 Å². The van der Waals surface area contributed by atoms with Crippen molar-refractivity contribution in [3.05, 3.63) is 72.5 Å². The van der Waals surface area contributed by atoms with E-state index >= 15 is 0 Å². The lowest BCUT2D eigenvalue weighted by molar-refractivity contribution is -0.142. The summed E-state index contributed by atoms with van der Waals surface area (Å²) in [4.78, 5) is 68.8. The normalized spacial score (nSPS) is 14.2. The monoisotopic (exact) mass is 577 g/mol. The standard InChI is InChI=1S/C28H35N9O5/c1-15(2)24(29)27(40)36-22(9-18-12-31-14-34-18)25(38)35-21(8-17-11-30-13-33-17)26(39)37-23(28(41)42)7-16-10-32-20-6-4-3-5-19(16)20/h3-6,10-15,21-24,32H,7-9,29H2,1-2H3,(H,30,33)(H,31,34)(H,35,38)(H,36,40)(H,37,39)(H,41,42). The molecule has 3 amide bonds. The number of aromatic nitrogens is 5. The first-order valence-electron chi connectivity index (χ1n) is 13.5. The zero-order valence-corrected chi connectivity index (χ0v) is 23.3. The lowest BCUT2D eigenvalue weighted by Gasteiger charge is -2.25. The largest absolute Gasteiger partial charge is 0.480 e. The number of aromatic amines is 3. The number of para-hydroxylation sites is 1. The fraction of sp³-hybridized carbons (Fsp3) is 0.357. The summed E-state index contributed by atoms with van der Waals surface area (Å²) in [5.74, 6) is -3.30. The minimum Gasteiger partial charge on any atom is -0.480 e. The third kappa shape index (κ3) is 7.60. The van der Waals surface area contributed by atoms with Crippen molar-refractivity contribution in [2.75, 3.05) is 0 Å². The number of imidazole rings is 2. The summed E-state index contributed by atoms with van der Waals surface area (Å²) in [5, 5.41) is 18.7. The van der Waals surface area contributed by atoms with Crippen LogP contribution < -0.4 is 21.7 Å². The van der Waals surface area contributed by atoms with Gasteiger partial charge < -0.3 is 41.7 Å². The van der Waals surface area contributed by atoms with Crippen molar-refractivity contribution in [1.82, 2.24) is 40.9 Å². The van der Waals surface area contributed by atoms with Gasteiger partial charge in [0, 0.05) is 60.1 Å². The number of rotatable bonds is 14. The molecule has 0 radical (unpaired) electrons. The number of benzene rings is 1. The van der Waals surface area contributed by atoms with Gasteiger partial charge in [-0.15, -0.1) is 0 Å². The van der Waals surface area contributed by atoms with E-state index in [4.69, 9.17) is 5.73 Å². The molecule has 3 aromatic heterocycles. The molecular weight excluding hydrogens is 542 g/mol. The highest BCUT2D eigenvalue weighted by Crippen LogP contribution is 2.19. The van der Waals surface area contributed by atoms with Gasteiger partial charge in [0.1, 0.15) is 18.1 Å². The number of aliphatic carboxylic acids is 1. The van der Waals surface area contributed by atoms with Crippen LogP contribution in [0.25, 0.3) is 10.9 Å². The molecule has 0 aliphatic carbocycles. The van der Waals surface area contributed by atoms with E-state index in [9.17, 15) is 24.3 Å². The van der Waals surface area contributed by atoms with Gasteiger partial charge >= 0.3 is 5.97 Å². The number of carbonyl (C=O) groups is 4. The Morgan fingerprint density at radius 1 is 0.810 bits per heavy atom. The number of amides is 3. The fourth-order valence-electron chi connectivity index (χ4n) is 4.49. The maximum Gasteiger partial charge on any atom is 0.326 e. The first-order chi connectivity index (χ1) is 20.1. The Balaban J connectivity index is 1.53. The van der Waals surface area contributed by atoms with Crippen molar-refractivity contribution < 1.29 is 24.3 Å². The maximum absolute atomic E-state index is 13.5. The van der Waals surface area contributed by atoms with E-state index in [0.717, 1.165) is 16.5 Å². The van der Waals surface area contributed by atoms with E-state index in [1.165, 1.54) is 25.0 Å². The van der Waals surface area contributed by atoms with Crippen LogP contribution in [0, 0.1) is 5.92 Å². The number of carbonyl (C=O) groups excluding carboxylic acids is 3. The number of hydrogen-bond donors (Lipinski definition) is 8. The van der Waals surface area contributed by atoms with Crippen LogP contribution in [0.4, 0.5) is 0 Å². The molecule has 4 atom stereocenters. The van der Waals surface area contributed by atoms with Gasteiger partial charge in [0.2, 0.25) is 17.7 Å². The van der Waals surface area contributed by atoms with Crippen molar-refractivity contribution >= 4 is 34.6 Å². The third-order valence-corrected chi connectivity index (χ3v) is 6.96. The van der Waals surface area contributed by atoms with E-state index in [1.54, 1.807) is 20.0 Å². The molecule has 222 valence electrons. The SMILES string of the molecule is CC(C)C(N)C(=O)NC(Cc1cnc[nH]1)C(=O)NC(Cc1cnc[nH]1)C(=O)NC(Cc1c[nH]c2ccccc12)C(=O)O. The van der Waals surface area contributed by atoms with Crippen LogP contribution in [-0.4, -0.2) is 77.9 Å². The lowest BCUT2D eigenvalue weighted by atomic mass is 10.0. The van der Waals surface area contributed by atoms with Gasteiger partial charge in [0.25, 0.3) is 0 Å². The average Bonchev–Trinajstić information content (AvgIpc) is 3.74. The minimum atomic E-state index is -1.28. The first-order valence-corrected chi connectivity index (χ1v) is 13.5. The number of carboxylic acids is 1. The molecular formula is C28H35N9O5. The van der Waals surface area contributed by atoms with Crippen molar-refractivity contribution in [2.24, 2.45) is 11.7 Å². The molecule has 0 saturated heterocycles. The summed E-state index contributed by atoms with van der Waals surface area (Å²) in [5.41, 5.74) is 8.67. The average molecular weight is 578 g/mol. The second-order valence-electron chi connectivity index (χ2n) is 10.4. The molecule has 14 nitrogen and oxygen atoms in total. The smallest absolute Gasteiger partial charge is 0.326 e. The molecule has 0 aliphatic heterocycles. The minimum absolute atomic E-state index is 0.00672. The summed E-state index contributed by atoms with van der Waals surface area (Å²) in [6.45, 7) is 3.57. The van der Waals surface area contributed by atoms with E-state index in [2.05, 4.69) is 40.9 Å². The number of hydrogen-bond acceptors (Lipinski definition) is 7. The molecule has 42 heavy (non-hydrogen) atoms. The Labute approximate surface area is 241 Å². The molecule has 0 spiro atoms. The second kappa shape index (κ2) is 13.6. The Morgan fingerprint density at radius 3 is 1.88 bits per heavy atom. The van der Waals surface area contributed by atoms with Crippen LogP contribution in [0.1, 0.15) is 30.8 Å². The molecule has 0 saturated carbocycles. The van der Waals surface area contributed by atoms with E-state index in [0.29, 0.717) is 11.4 Å². The molecule has 4 aromatic rings. The van der Waals surface area contributed by atoms with Crippen LogP contribution in [0.2, 0.25) is 0 Å². The van der Waals surface area contributed by atoms with Crippen LogP contribution in [0.3, 0.4) is 0 Å². The molecule has 0 fully saturated rings. The van der Waals surface area contributed by atoms with Gasteiger partial charge in [-0.1, -0.05) is 32.0 Å². The summed E-state index contributed by atoms with van der Waals surface area (Å²) >= 11 is 0. The Kier molecular flexibility index (Phi) is 9.70. The quantitative estimate of drug-likeness (QED) is 0.103. The van der Waals surface area contributed by atoms with Crippen molar-refractivity contribution in [3.8, 4) is 0 Å². The topological polar surface area (TPSA) is 224 Å². The molecule has 4 rings (SSSR count). The van der Waals surface area contributed by atoms with Gasteiger partial charge in [-0.05, 0) is 17.5 Å². The van der Waals surface area contributed by atoms with Crippen LogP contribution in [0.15, 0.2) is 55.5 Å². The van der Waals surface area contributed by atoms with Crippen molar-refractivity contribution in [2.45, 2.75) is 57.3 Å². The molecule has 0 bridgehead atoms. The van der Waals surface area contributed by atoms with Crippen LogP contribution >= 0.6 is 0 Å². The molecule has 9 N–H and O–H groups in total. The number of carboxylic acid groups (broad SMARTS) is 1. The Bertz CT molecular complexity index is 1500. The predicted octanol–water partition coefficient (Wildman–Crippen LogP) is 0.164. The van der Waals surface area contributed by atoms with Gasteiger partial charge in [0.05, 0.1) is 18.7 Å². The number of nitrogens with two attached hydrogens (primary N) is 1. The number of H-pyrrole nitrogens is 3. The molecule has 14 heteroatoms. The lowest BCUT2D eigenvalue weighted by Crippen LogP contribution is -2.58. The van der Waals surface area contributed by atoms with E-state index < -0.39 is 47.9 Å². The molecule has 1 aromatic carbocycles. The zero-order chi connectivity index (χ0) is 30.2. The molecule has 0 aliphatic rings. The summed E-state index contributed by atoms with van der Waals surface area (Å²) in [7, 11) is 0. The maximum atomic E-state index is 13.5. The third-order valence-electron chi connectivity index (χ3n) is 6.96. The van der Waals surface area contributed by atoms with Gasteiger partial charge in [0.15, 0.2) is 0 Å². The Morgan fingerprint density at radius 2 is 1.36 bits per heavy atom.